The Morgan fingerprint density at radius 3 is 2.62 bits per heavy atom. The summed E-state index contributed by atoms with van der Waals surface area (Å²) in [5.41, 5.74) is 0.432. The molecule has 1 aromatic carbocycles. The number of rotatable bonds is 2. The standard InChI is InChI=1S/C9H8ClNO2/c10-7-3-1-2-6(4-7)9(13)8(12)5-11/h1-4,8-9,12-13H. The zero-order valence-electron chi connectivity index (χ0n) is 6.68. The van der Waals surface area contributed by atoms with Crippen molar-refractivity contribution in [3.05, 3.63) is 34.9 Å². The highest BCUT2D eigenvalue weighted by Gasteiger charge is 2.17. The molecule has 2 atom stereocenters. The second kappa shape index (κ2) is 4.24. The van der Waals surface area contributed by atoms with Gasteiger partial charge in [-0.15, -0.1) is 0 Å². The van der Waals surface area contributed by atoms with Gasteiger partial charge in [0.1, 0.15) is 6.10 Å². The molecule has 0 saturated heterocycles. The van der Waals surface area contributed by atoms with Crippen LogP contribution in [0.3, 0.4) is 0 Å². The molecule has 0 spiro atoms. The summed E-state index contributed by atoms with van der Waals surface area (Å²) in [6.07, 6.45) is -2.62. The van der Waals surface area contributed by atoms with Crippen LogP contribution in [0.4, 0.5) is 0 Å². The van der Waals surface area contributed by atoms with Gasteiger partial charge in [-0.2, -0.15) is 5.26 Å². The van der Waals surface area contributed by atoms with E-state index >= 15 is 0 Å². The fourth-order valence-electron chi connectivity index (χ4n) is 0.943. The average Bonchev–Trinajstić information content (AvgIpc) is 2.15. The van der Waals surface area contributed by atoms with Crippen molar-refractivity contribution in [3.8, 4) is 6.07 Å². The zero-order valence-corrected chi connectivity index (χ0v) is 7.44. The molecule has 2 unspecified atom stereocenters. The number of aliphatic hydroxyl groups excluding tert-OH is 2. The van der Waals surface area contributed by atoms with E-state index in [4.69, 9.17) is 22.0 Å². The minimum atomic E-state index is -1.42. The van der Waals surface area contributed by atoms with Gasteiger partial charge < -0.3 is 10.2 Å². The lowest BCUT2D eigenvalue weighted by Crippen LogP contribution is -2.15. The van der Waals surface area contributed by atoms with Gasteiger partial charge in [-0.05, 0) is 17.7 Å². The molecule has 13 heavy (non-hydrogen) atoms. The summed E-state index contributed by atoms with van der Waals surface area (Å²) in [5, 5.41) is 27.2. The Balaban J connectivity index is 2.90. The summed E-state index contributed by atoms with van der Waals surface area (Å²) in [5.74, 6) is 0. The molecule has 0 aliphatic rings. The Labute approximate surface area is 80.8 Å². The fourth-order valence-corrected chi connectivity index (χ4v) is 1.14. The minimum absolute atomic E-state index is 0.432. The van der Waals surface area contributed by atoms with Crippen molar-refractivity contribution in [2.24, 2.45) is 0 Å². The summed E-state index contributed by atoms with van der Waals surface area (Å²) >= 11 is 5.66. The predicted octanol–water partition coefficient (Wildman–Crippen LogP) is 1.26. The number of hydrogen-bond acceptors (Lipinski definition) is 3. The topological polar surface area (TPSA) is 64.2 Å². The summed E-state index contributed by atoms with van der Waals surface area (Å²) < 4.78 is 0. The zero-order chi connectivity index (χ0) is 9.84. The van der Waals surface area contributed by atoms with Crippen molar-refractivity contribution in [1.29, 1.82) is 5.26 Å². The molecule has 0 fully saturated rings. The van der Waals surface area contributed by atoms with Crippen molar-refractivity contribution in [2.45, 2.75) is 12.2 Å². The van der Waals surface area contributed by atoms with Crippen molar-refractivity contribution in [1.82, 2.24) is 0 Å². The molecule has 0 heterocycles. The van der Waals surface area contributed by atoms with Gasteiger partial charge in [0.25, 0.3) is 0 Å². The molecule has 0 aliphatic heterocycles. The number of hydrogen-bond donors (Lipinski definition) is 2. The average molecular weight is 198 g/mol. The third kappa shape index (κ3) is 2.43. The van der Waals surface area contributed by atoms with E-state index in [0.29, 0.717) is 10.6 Å². The van der Waals surface area contributed by atoms with Crippen molar-refractivity contribution < 1.29 is 10.2 Å². The first-order valence-corrected chi connectivity index (χ1v) is 4.04. The van der Waals surface area contributed by atoms with E-state index in [0.717, 1.165) is 0 Å². The maximum Gasteiger partial charge on any atom is 0.170 e. The van der Waals surface area contributed by atoms with E-state index in [-0.39, 0.29) is 0 Å². The number of aliphatic hydroxyl groups is 2. The first-order valence-electron chi connectivity index (χ1n) is 3.66. The molecule has 3 nitrogen and oxygen atoms in total. The Morgan fingerprint density at radius 2 is 2.08 bits per heavy atom. The second-order valence-corrected chi connectivity index (χ2v) is 3.01. The van der Waals surface area contributed by atoms with Gasteiger partial charge in [-0.3, -0.25) is 0 Å². The molecular formula is C9H8ClNO2. The van der Waals surface area contributed by atoms with Crippen LogP contribution in [0.15, 0.2) is 24.3 Å². The van der Waals surface area contributed by atoms with Crippen molar-refractivity contribution >= 4 is 11.6 Å². The van der Waals surface area contributed by atoms with E-state index in [2.05, 4.69) is 0 Å². The molecule has 0 radical (unpaired) electrons. The Hall–Kier alpha value is -1.08. The molecule has 0 saturated carbocycles. The molecule has 0 bridgehead atoms. The van der Waals surface area contributed by atoms with Gasteiger partial charge in [0.05, 0.1) is 6.07 Å². The number of halogens is 1. The Morgan fingerprint density at radius 1 is 1.38 bits per heavy atom. The van der Waals surface area contributed by atoms with E-state index < -0.39 is 12.2 Å². The Kier molecular flexibility index (Phi) is 3.26. The van der Waals surface area contributed by atoms with Crippen LogP contribution in [0.5, 0.6) is 0 Å². The quantitative estimate of drug-likeness (QED) is 0.702. The third-order valence-electron chi connectivity index (χ3n) is 1.62. The van der Waals surface area contributed by atoms with Crippen LogP contribution in [0.25, 0.3) is 0 Å². The maximum atomic E-state index is 9.38. The molecule has 1 aromatic rings. The summed E-state index contributed by atoms with van der Waals surface area (Å²) in [7, 11) is 0. The molecule has 68 valence electrons. The summed E-state index contributed by atoms with van der Waals surface area (Å²) in [4.78, 5) is 0. The van der Waals surface area contributed by atoms with E-state index in [1.165, 1.54) is 6.07 Å². The lowest BCUT2D eigenvalue weighted by Gasteiger charge is -2.11. The van der Waals surface area contributed by atoms with Crippen LogP contribution in [-0.2, 0) is 0 Å². The molecular weight excluding hydrogens is 190 g/mol. The lowest BCUT2D eigenvalue weighted by molar-refractivity contribution is 0.0528. The predicted molar refractivity (Wildman–Crippen MR) is 48.0 cm³/mol. The second-order valence-electron chi connectivity index (χ2n) is 2.57. The third-order valence-corrected chi connectivity index (χ3v) is 1.86. The number of nitrogens with zero attached hydrogens (tertiary/aromatic N) is 1. The highest BCUT2D eigenvalue weighted by molar-refractivity contribution is 6.30. The van der Waals surface area contributed by atoms with Gasteiger partial charge in [0, 0.05) is 5.02 Å². The van der Waals surface area contributed by atoms with Crippen molar-refractivity contribution in [3.63, 3.8) is 0 Å². The minimum Gasteiger partial charge on any atom is -0.385 e. The van der Waals surface area contributed by atoms with Gasteiger partial charge >= 0.3 is 0 Å². The molecule has 4 heteroatoms. The largest absolute Gasteiger partial charge is 0.385 e. The highest BCUT2D eigenvalue weighted by atomic mass is 35.5. The van der Waals surface area contributed by atoms with Crippen LogP contribution < -0.4 is 0 Å². The number of nitriles is 1. The monoisotopic (exact) mass is 197 g/mol. The van der Waals surface area contributed by atoms with Gasteiger partial charge in [0.15, 0.2) is 6.10 Å². The number of benzene rings is 1. The highest BCUT2D eigenvalue weighted by Crippen LogP contribution is 2.19. The van der Waals surface area contributed by atoms with Crippen LogP contribution in [0, 0.1) is 11.3 Å². The first-order chi connectivity index (χ1) is 6.15. The van der Waals surface area contributed by atoms with Gasteiger partial charge in [0.2, 0.25) is 0 Å². The molecule has 0 aliphatic carbocycles. The van der Waals surface area contributed by atoms with Crippen LogP contribution >= 0.6 is 11.6 Å². The first kappa shape index (κ1) is 10.0. The van der Waals surface area contributed by atoms with E-state index in [1.807, 2.05) is 0 Å². The maximum absolute atomic E-state index is 9.38. The SMILES string of the molecule is N#CC(O)C(O)c1cccc(Cl)c1. The van der Waals surface area contributed by atoms with Crippen LogP contribution in [-0.4, -0.2) is 16.3 Å². The molecule has 0 amide bonds. The van der Waals surface area contributed by atoms with Crippen LogP contribution in [0.1, 0.15) is 11.7 Å². The van der Waals surface area contributed by atoms with Gasteiger partial charge in [-0.1, -0.05) is 23.7 Å². The van der Waals surface area contributed by atoms with E-state index in [9.17, 15) is 5.11 Å². The molecule has 0 aromatic heterocycles. The lowest BCUT2D eigenvalue weighted by atomic mass is 10.1. The van der Waals surface area contributed by atoms with Crippen LogP contribution in [0.2, 0.25) is 5.02 Å². The molecule has 1 rings (SSSR count). The normalized spacial score (nSPS) is 14.6. The molecule has 2 N–H and O–H groups in total. The van der Waals surface area contributed by atoms with E-state index in [1.54, 1.807) is 24.3 Å². The van der Waals surface area contributed by atoms with Gasteiger partial charge in [-0.25, -0.2) is 0 Å². The smallest absolute Gasteiger partial charge is 0.170 e. The summed E-state index contributed by atoms with van der Waals surface area (Å²) in [6, 6.07) is 7.94. The summed E-state index contributed by atoms with van der Waals surface area (Å²) in [6.45, 7) is 0. The Bertz CT molecular complexity index is 335. The fraction of sp³-hybridized carbons (Fsp3) is 0.222. The van der Waals surface area contributed by atoms with Crippen molar-refractivity contribution in [2.75, 3.05) is 0 Å².